The number of amides is 1. The molecule has 0 saturated carbocycles. The number of rotatable bonds is 4. The van der Waals surface area contributed by atoms with Crippen molar-refractivity contribution in [2.45, 2.75) is 18.8 Å². The standard InChI is InChI=1S/C16H19N5OS3.ClH/c1-21(2)16-20-14-11(25-16)7-10(23-14)13(22)19-15-18-8-12(24-15)9-3-5-17-6-4-9;/h7-9,17H,3-6H2,1-2H3,(H,18,19,22);1H. The molecule has 1 aliphatic rings. The number of piperidine rings is 1. The van der Waals surface area contributed by atoms with Crippen molar-refractivity contribution in [1.82, 2.24) is 15.3 Å². The lowest BCUT2D eigenvalue weighted by molar-refractivity contribution is 0.103. The van der Waals surface area contributed by atoms with Gasteiger partial charge in [0.2, 0.25) is 0 Å². The van der Waals surface area contributed by atoms with E-state index in [4.69, 9.17) is 0 Å². The Balaban J connectivity index is 0.00000196. The number of aromatic nitrogens is 2. The molecule has 0 spiro atoms. The number of fused-ring (bicyclic) bond motifs is 1. The summed E-state index contributed by atoms with van der Waals surface area (Å²) in [4.78, 5) is 26.3. The summed E-state index contributed by atoms with van der Waals surface area (Å²) < 4.78 is 1.05. The first-order valence-corrected chi connectivity index (χ1v) is 10.6. The number of anilines is 2. The SMILES string of the molecule is CN(C)c1nc2sc(C(=O)Nc3ncc(C4CCNCC4)s3)cc2s1.Cl. The molecule has 1 aliphatic heterocycles. The maximum atomic E-state index is 12.5. The van der Waals surface area contributed by atoms with E-state index in [1.807, 2.05) is 31.3 Å². The molecule has 3 aromatic heterocycles. The second-order valence-electron chi connectivity index (χ2n) is 6.22. The van der Waals surface area contributed by atoms with Gasteiger partial charge in [-0.15, -0.1) is 35.1 Å². The smallest absolute Gasteiger partial charge is 0.267 e. The van der Waals surface area contributed by atoms with Crippen molar-refractivity contribution >= 4 is 72.1 Å². The monoisotopic (exact) mass is 429 g/mol. The molecular formula is C16H20ClN5OS3. The summed E-state index contributed by atoms with van der Waals surface area (Å²) in [5, 5.41) is 7.95. The van der Waals surface area contributed by atoms with Gasteiger partial charge in [-0.1, -0.05) is 11.3 Å². The van der Waals surface area contributed by atoms with Gasteiger partial charge in [0.25, 0.3) is 5.91 Å². The van der Waals surface area contributed by atoms with Gasteiger partial charge in [-0.05, 0) is 37.9 Å². The fraction of sp³-hybridized carbons (Fsp3) is 0.438. The van der Waals surface area contributed by atoms with Gasteiger partial charge in [0.15, 0.2) is 10.3 Å². The molecule has 6 nitrogen and oxygen atoms in total. The fourth-order valence-corrected chi connectivity index (χ4v) is 5.83. The van der Waals surface area contributed by atoms with Gasteiger partial charge in [-0.3, -0.25) is 10.1 Å². The molecule has 3 aromatic rings. The third-order valence-corrected chi connectivity index (χ3v) is 7.57. The molecule has 4 rings (SSSR count). The number of nitrogens with one attached hydrogen (secondary N) is 2. The Morgan fingerprint density at radius 3 is 2.73 bits per heavy atom. The number of nitrogens with zero attached hydrogens (tertiary/aromatic N) is 3. The quantitative estimate of drug-likeness (QED) is 0.655. The Morgan fingerprint density at radius 2 is 2.04 bits per heavy atom. The third-order valence-electron chi connectivity index (χ3n) is 4.17. The lowest BCUT2D eigenvalue weighted by Crippen LogP contribution is -2.26. The number of halogens is 1. The van der Waals surface area contributed by atoms with E-state index in [-0.39, 0.29) is 18.3 Å². The van der Waals surface area contributed by atoms with Gasteiger partial charge in [-0.2, -0.15) is 0 Å². The first-order valence-electron chi connectivity index (χ1n) is 8.15. The third kappa shape index (κ3) is 4.01. The number of thiazole rings is 2. The summed E-state index contributed by atoms with van der Waals surface area (Å²) in [6.07, 6.45) is 4.18. The van der Waals surface area contributed by atoms with Gasteiger partial charge in [-0.25, -0.2) is 9.97 Å². The van der Waals surface area contributed by atoms with Crippen molar-refractivity contribution in [2.24, 2.45) is 0 Å². The first kappa shape index (κ1) is 19.5. The lowest BCUT2D eigenvalue weighted by Gasteiger charge is -2.20. The van der Waals surface area contributed by atoms with Gasteiger partial charge >= 0.3 is 0 Å². The largest absolute Gasteiger partial charge is 0.354 e. The average Bonchev–Trinajstić information content (AvgIpc) is 3.29. The number of hydrogen-bond acceptors (Lipinski definition) is 8. The number of thiophene rings is 1. The van der Waals surface area contributed by atoms with Crippen LogP contribution in [-0.4, -0.2) is 43.1 Å². The first-order chi connectivity index (χ1) is 12.1. The van der Waals surface area contributed by atoms with Crippen LogP contribution in [-0.2, 0) is 0 Å². The highest BCUT2D eigenvalue weighted by atomic mass is 35.5. The highest BCUT2D eigenvalue weighted by molar-refractivity contribution is 7.29. The Hall–Kier alpha value is -1.26. The van der Waals surface area contributed by atoms with Crippen LogP contribution in [0, 0.1) is 0 Å². The molecule has 0 atom stereocenters. The van der Waals surface area contributed by atoms with Crippen LogP contribution in [0.1, 0.15) is 33.3 Å². The zero-order valence-corrected chi connectivity index (χ0v) is 17.7. The molecule has 0 radical (unpaired) electrons. The van der Waals surface area contributed by atoms with Crippen molar-refractivity contribution < 1.29 is 4.79 Å². The topological polar surface area (TPSA) is 70.2 Å². The van der Waals surface area contributed by atoms with Crippen molar-refractivity contribution in [3.8, 4) is 0 Å². The van der Waals surface area contributed by atoms with Gasteiger partial charge < -0.3 is 10.2 Å². The average molecular weight is 430 g/mol. The van der Waals surface area contributed by atoms with Crippen LogP contribution >= 0.6 is 46.4 Å². The van der Waals surface area contributed by atoms with Crippen molar-refractivity contribution in [3.05, 3.63) is 22.0 Å². The fourth-order valence-electron chi connectivity index (χ4n) is 2.83. The van der Waals surface area contributed by atoms with E-state index in [0.717, 1.165) is 40.6 Å². The van der Waals surface area contributed by atoms with Crippen LogP contribution in [0.2, 0.25) is 0 Å². The Kier molecular flexibility index (Phi) is 6.13. The van der Waals surface area contributed by atoms with Crippen LogP contribution in [0.25, 0.3) is 9.53 Å². The minimum atomic E-state index is -0.104. The highest BCUT2D eigenvalue weighted by Crippen LogP contribution is 2.35. The normalized spacial score (nSPS) is 15.0. The van der Waals surface area contributed by atoms with Crippen LogP contribution in [0.4, 0.5) is 10.3 Å². The zero-order chi connectivity index (χ0) is 17.4. The van der Waals surface area contributed by atoms with E-state index in [1.54, 1.807) is 22.7 Å². The minimum absolute atomic E-state index is 0. The predicted molar refractivity (Wildman–Crippen MR) is 114 cm³/mol. The summed E-state index contributed by atoms with van der Waals surface area (Å²) >= 11 is 4.62. The molecule has 4 heterocycles. The van der Waals surface area contributed by atoms with E-state index >= 15 is 0 Å². The molecule has 140 valence electrons. The molecule has 0 bridgehead atoms. The van der Waals surface area contributed by atoms with Gasteiger partial charge in [0, 0.05) is 25.2 Å². The van der Waals surface area contributed by atoms with E-state index in [9.17, 15) is 4.79 Å². The van der Waals surface area contributed by atoms with E-state index in [0.29, 0.717) is 15.9 Å². The highest BCUT2D eigenvalue weighted by Gasteiger charge is 2.20. The molecule has 26 heavy (non-hydrogen) atoms. The maximum absolute atomic E-state index is 12.5. The number of carbonyl (C=O) groups is 1. The van der Waals surface area contributed by atoms with Crippen LogP contribution in [0.3, 0.4) is 0 Å². The molecular weight excluding hydrogens is 410 g/mol. The summed E-state index contributed by atoms with van der Waals surface area (Å²) in [6, 6.07) is 1.92. The minimum Gasteiger partial charge on any atom is -0.354 e. The molecule has 1 saturated heterocycles. The van der Waals surface area contributed by atoms with Crippen LogP contribution < -0.4 is 15.5 Å². The van der Waals surface area contributed by atoms with Crippen LogP contribution in [0.15, 0.2) is 12.3 Å². The van der Waals surface area contributed by atoms with Gasteiger partial charge in [0.05, 0.1) is 9.58 Å². The molecule has 0 aliphatic carbocycles. The molecule has 2 N–H and O–H groups in total. The van der Waals surface area contributed by atoms with Crippen molar-refractivity contribution in [1.29, 1.82) is 0 Å². The molecule has 0 unspecified atom stereocenters. The Bertz CT molecular complexity index is 865. The summed E-state index contributed by atoms with van der Waals surface area (Å²) in [7, 11) is 3.94. The van der Waals surface area contributed by atoms with Crippen LogP contribution in [0.5, 0.6) is 0 Å². The Morgan fingerprint density at radius 1 is 1.27 bits per heavy atom. The second-order valence-corrected chi connectivity index (χ2v) is 9.32. The molecule has 1 fully saturated rings. The van der Waals surface area contributed by atoms with Crippen molar-refractivity contribution in [3.63, 3.8) is 0 Å². The molecule has 10 heteroatoms. The Labute approximate surface area is 170 Å². The number of hydrogen-bond donors (Lipinski definition) is 2. The van der Waals surface area contributed by atoms with E-state index in [2.05, 4.69) is 20.6 Å². The number of carbonyl (C=O) groups excluding carboxylic acids is 1. The molecule has 1 amide bonds. The summed E-state index contributed by atoms with van der Waals surface area (Å²) in [5.41, 5.74) is 0. The van der Waals surface area contributed by atoms with Gasteiger partial charge in [0.1, 0.15) is 4.83 Å². The molecule has 0 aromatic carbocycles. The summed E-state index contributed by atoms with van der Waals surface area (Å²) in [5.74, 6) is 0.456. The van der Waals surface area contributed by atoms with E-state index in [1.165, 1.54) is 16.2 Å². The van der Waals surface area contributed by atoms with Crippen molar-refractivity contribution in [2.75, 3.05) is 37.4 Å². The predicted octanol–water partition coefficient (Wildman–Crippen LogP) is 4.02. The maximum Gasteiger partial charge on any atom is 0.267 e. The zero-order valence-electron chi connectivity index (χ0n) is 14.4. The van der Waals surface area contributed by atoms with E-state index < -0.39 is 0 Å². The second kappa shape index (κ2) is 8.18. The lowest BCUT2D eigenvalue weighted by atomic mass is 9.97. The summed E-state index contributed by atoms with van der Waals surface area (Å²) in [6.45, 7) is 2.11.